The van der Waals surface area contributed by atoms with Crippen molar-refractivity contribution in [2.75, 3.05) is 0 Å². The molecule has 1 atom stereocenters. The van der Waals surface area contributed by atoms with Crippen LogP contribution in [-0.2, 0) is 4.79 Å². The molecule has 1 unspecified atom stereocenters. The van der Waals surface area contributed by atoms with Gasteiger partial charge in [0, 0.05) is 6.42 Å². The first kappa shape index (κ1) is 15.5. The number of aliphatic carboxylic acids is 1. The average molecular weight is 228 g/mol. The molecule has 2 nitrogen and oxygen atoms in total. The van der Waals surface area contributed by atoms with Crippen molar-refractivity contribution >= 4 is 5.97 Å². The summed E-state index contributed by atoms with van der Waals surface area (Å²) in [6, 6.07) is 0. The largest absolute Gasteiger partial charge is 0.481 e. The predicted molar refractivity (Wildman–Crippen MR) is 68.6 cm³/mol. The second-order valence-electron chi connectivity index (χ2n) is 4.95. The SMILES string of the molecule is CCCCCCCCC(C)CCCC(=O)O. The quantitative estimate of drug-likeness (QED) is 0.523. The van der Waals surface area contributed by atoms with E-state index in [1.165, 1.54) is 44.9 Å². The number of unbranched alkanes of at least 4 members (excludes halogenated alkanes) is 5. The zero-order valence-corrected chi connectivity index (χ0v) is 11.0. The third-order valence-electron chi connectivity index (χ3n) is 3.14. The summed E-state index contributed by atoms with van der Waals surface area (Å²) >= 11 is 0. The lowest BCUT2D eigenvalue weighted by atomic mass is 9.97. The van der Waals surface area contributed by atoms with Gasteiger partial charge in [0.2, 0.25) is 0 Å². The molecular formula is C14H28O2. The summed E-state index contributed by atoms with van der Waals surface area (Å²) in [7, 11) is 0. The zero-order valence-electron chi connectivity index (χ0n) is 11.0. The van der Waals surface area contributed by atoms with E-state index >= 15 is 0 Å². The van der Waals surface area contributed by atoms with Crippen LogP contribution < -0.4 is 0 Å². The fourth-order valence-electron chi connectivity index (χ4n) is 2.02. The molecule has 0 saturated heterocycles. The normalized spacial score (nSPS) is 12.6. The predicted octanol–water partition coefficient (Wildman–Crippen LogP) is 4.63. The lowest BCUT2D eigenvalue weighted by Crippen LogP contribution is -1.99. The lowest BCUT2D eigenvalue weighted by molar-refractivity contribution is -0.137. The minimum Gasteiger partial charge on any atom is -0.481 e. The van der Waals surface area contributed by atoms with Crippen LogP contribution >= 0.6 is 0 Å². The van der Waals surface area contributed by atoms with Crippen LogP contribution in [0.2, 0.25) is 0 Å². The Labute approximate surface area is 100 Å². The van der Waals surface area contributed by atoms with Gasteiger partial charge < -0.3 is 5.11 Å². The van der Waals surface area contributed by atoms with Crippen LogP contribution in [0.15, 0.2) is 0 Å². The molecule has 2 heteroatoms. The van der Waals surface area contributed by atoms with Gasteiger partial charge in [-0.1, -0.05) is 65.2 Å². The Morgan fingerprint density at radius 1 is 1.00 bits per heavy atom. The molecule has 0 aromatic rings. The van der Waals surface area contributed by atoms with Gasteiger partial charge in [-0.05, 0) is 12.3 Å². The van der Waals surface area contributed by atoms with E-state index in [2.05, 4.69) is 13.8 Å². The van der Waals surface area contributed by atoms with Gasteiger partial charge in [-0.15, -0.1) is 0 Å². The van der Waals surface area contributed by atoms with E-state index in [0.29, 0.717) is 12.3 Å². The van der Waals surface area contributed by atoms with Gasteiger partial charge in [0.05, 0.1) is 0 Å². The first-order chi connectivity index (χ1) is 7.66. The maximum Gasteiger partial charge on any atom is 0.303 e. The highest BCUT2D eigenvalue weighted by atomic mass is 16.4. The highest BCUT2D eigenvalue weighted by Gasteiger charge is 2.03. The summed E-state index contributed by atoms with van der Waals surface area (Å²) in [6.45, 7) is 4.48. The van der Waals surface area contributed by atoms with Gasteiger partial charge in [-0.3, -0.25) is 4.79 Å². The van der Waals surface area contributed by atoms with E-state index in [1.54, 1.807) is 0 Å². The summed E-state index contributed by atoms with van der Waals surface area (Å²) in [5.41, 5.74) is 0. The summed E-state index contributed by atoms with van der Waals surface area (Å²) < 4.78 is 0. The molecule has 0 amide bonds. The van der Waals surface area contributed by atoms with E-state index in [9.17, 15) is 4.79 Å². The molecule has 0 fully saturated rings. The van der Waals surface area contributed by atoms with E-state index < -0.39 is 5.97 Å². The van der Waals surface area contributed by atoms with Gasteiger partial charge in [-0.25, -0.2) is 0 Å². The molecule has 96 valence electrons. The molecule has 16 heavy (non-hydrogen) atoms. The molecule has 0 aromatic carbocycles. The van der Waals surface area contributed by atoms with Crippen molar-refractivity contribution in [2.45, 2.75) is 78.1 Å². The average Bonchev–Trinajstić information content (AvgIpc) is 2.22. The summed E-state index contributed by atoms with van der Waals surface area (Å²) in [5.74, 6) is 0.0392. The van der Waals surface area contributed by atoms with Crippen molar-refractivity contribution in [3.63, 3.8) is 0 Å². The highest BCUT2D eigenvalue weighted by Crippen LogP contribution is 2.16. The Morgan fingerprint density at radius 2 is 1.56 bits per heavy atom. The molecule has 0 aliphatic heterocycles. The summed E-state index contributed by atoms with van der Waals surface area (Å²) in [5, 5.41) is 8.52. The van der Waals surface area contributed by atoms with E-state index in [1.807, 2.05) is 0 Å². The van der Waals surface area contributed by atoms with Crippen LogP contribution in [0.5, 0.6) is 0 Å². The minimum atomic E-state index is -0.660. The number of carbonyl (C=O) groups is 1. The van der Waals surface area contributed by atoms with Crippen LogP contribution in [-0.4, -0.2) is 11.1 Å². The molecule has 0 aromatic heterocycles. The van der Waals surface area contributed by atoms with Crippen molar-refractivity contribution in [3.05, 3.63) is 0 Å². The van der Waals surface area contributed by atoms with E-state index in [0.717, 1.165) is 12.8 Å². The Hall–Kier alpha value is -0.530. The number of carboxylic acid groups (broad SMARTS) is 1. The Bertz CT molecular complexity index is 166. The first-order valence-electron chi connectivity index (χ1n) is 6.88. The van der Waals surface area contributed by atoms with Crippen molar-refractivity contribution < 1.29 is 9.90 Å². The molecule has 0 bridgehead atoms. The maximum atomic E-state index is 10.3. The van der Waals surface area contributed by atoms with Crippen LogP contribution in [0, 0.1) is 5.92 Å². The van der Waals surface area contributed by atoms with Crippen LogP contribution in [0.3, 0.4) is 0 Å². The molecule has 0 saturated carbocycles. The maximum absolute atomic E-state index is 10.3. The smallest absolute Gasteiger partial charge is 0.303 e. The Morgan fingerprint density at radius 3 is 2.19 bits per heavy atom. The van der Waals surface area contributed by atoms with Crippen molar-refractivity contribution in [1.29, 1.82) is 0 Å². The Balaban J connectivity index is 3.17. The molecule has 0 radical (unpaired) electrons. The first-order valence-corrected chi connectivity index (χ1v) is 6.88. The number of hydrogen-bond donors (Lipinski definition) is 1. The highest BCUT2D eigenvalue weighted by molar-refractivity contribution is 5.66. The van der Waals surface area contributed by atoms with Gasteiger partial charge in [0.1, 0.15) is 0 Å². The van der Waals surface area contributed by atoms with E-state index in [-0.39, 0.29) is 0 Å². The summed E-state index contributed by atoms with van der Waals surface area (Å²) in [4.78, 5) is 10.3. The fourth-order valence-corrected chi connectivity index (χ4v) is 2.02. The van der Waals surface area contributed by atoms with Gasteiger partial charge >= 0.3 is 5.97 Å². The van der Waals surface area contributed by atoms with Crippen molar-refractivity contribution in [3.8, 4) is 0 Å². The monoisotopic (exact) mass is 228 g/mol. The van der Waals surface area contributed by atoms with Crippen molar-refractivity contribution in [1.82, 2.24) is 0 Å². The number of carboxylic acids is 1. The van der Waals surface area contributed by atoms with Crippen LogP contribution in [0.1, 0.15) is 78.1 Å². The summed E-state index contributed by atoms with van der Waals surface area (Å²) in [6.07, 6.45) is 11.6. The number of rotatable bonds is 11. The van der Waals surface area contributed by atoms with Gasteiger partial charge in [0.25, 0.3) is 0 Å². The van der Waals surface area contributed by atoms with Crippen molar-refractivity contribution in [2.24, 2.45) is 5.92 Å². The molecule has 0 heterocycles. The van der Waals surface area contributed by atoms with Crippen LogP contribution in [0.4, 0.5) is 0 Å². The molecule has 0 aliphatic rings. The third kappa shape index (κ3) is 11.5. The lowest BCUT2D eigenvalue weighted by Gasteiger charge is -2.09. The molecule has 0 spiro atoms. The molecule has 0 aliphatic carbocycles. The second kappa shape index (κ2) is 11.0. The minimum absolute atomic E-state index is 0.334. The van der Waals surface area contributed by atoms with Crippen LogP contribution in [0.25, 0.3) is 0 Å². The number of hydrogen-bond acceptors (Lipinski definition) is 1. The zero-order chi connectivity index (χ0) is 12.2. The Kier molecular flexibility index (Phi) is 10.6. The molecular weight excluding hydrogens is 200 g/mol. The molecule has 1 N–H and O–H groups in total. The standard InChI is InChI=1S/C14H28O2/c1-3-4-5-6-7-8-10-13(2)11-9-12-14(15)16/h13H,3-12H2,1-2H3,(H,15,16). The second-order valence-corrected chi connectivity index (χ2v) is 4.95. The topological polar surface area (TPSA) is 37.3 Å². The van der Waals surface area contributed by atoms with E-state index in [4.69, 9.17) is 5.11 Å². The van der Waals surface area contributed by atoms with Gasteiger partial charge in [-0.2, -0.15) is 0 Å². The molecule has 0 rings (SSSR count). The third-order valence-corrected chi connectivity index (χ3v) is 3.14. The van der Waals surface area contributed by atoms with Gasteiger partial charge in [0.15, 0.2) is 0 Å². The fraction of sp³-hybridized carbons (Fsp3) is 0.929.